The molecule has 1 unspecified atom stereocenters. The normalized spacial score (nSPS) is 25.4. The minimum absolute atomic E-state index is 0.496. The van der Waals surface area contributed by atoms with Crippen LogP contribution in [-0.2, 0) is 6.42 Å². The van der Waals surface area contributed by atoms with Gasteiger partial charge in [-0.05, 0) is 100 Å². The number of halogens is 2. The van der Waals surface area contributed by atoms with Crippen LogP contribution < -0.4 is 0 Å². The molecule has 0 aromatic heterocycles. The zero-order valence-electron chi connectivity index (χ0n) is 18.4. The zero-order chi connectivity index (χ0) is 20.6. The molecule has 160 valence electrons. The SMILES string of the molecule is C/C=C\CC1CCC(C2CC=C(c3ccc(CCCCC)c(F)c3F)CC2)CC1. The lowest BCUT2D eigenvalue weighted by Gasteiger charge is -2.35. The van der Waals surface area contributed by atoms with Crippen molar-refractivity contribution in [3.05, 3.63) is 53.1 Å². The Kier molecular flexibility index (Phi) is 8.51. The highest BCUT2D eigenvalue weighted by Crippen LogP contribution is 2.42. The Morgan fingerprint density at radius 2 is 1.76 bits per heavy atom. The van der Waals surface area contributed by atoms with Gasteiger partial charge < -0.3 is 0 Å². The molecule has 0 saturated heterocycles. The van der Waals surface area contributed by atoms with Crippen LogP contribution in [0.15, 0.2) is 30.4 Å². The zero-order valence-corrected chi connectivity index (χ0v) is 18.4. The first-order chi connectivity index (χ1) is 14.1. The molecule has 2 heteroatoms. The van der Waals surface area contributed by atoms with Crippen molar-refractivity contribution in [2.75, 3.05) is 0 Å². The van der Waals surface area contributed by atoms with E-state index in [2.05, 4.69) is 32.1 Å². The van der Waals surface area contributed by atoms with Crippen molar-refractivity contribution in [3.8, 4) is 0 Å². The Labute approximate surface area is 176 Å². The molecule has 0 spiro atoms. The Morgan fingerprint density at radius 1 is 0.966 bits per heavy atom. The third-order valence-electron chi connectivity index (χ3n) is 7.27. The van der Waals surface area contributed by atoms with Gasteiger partial charge in [0.15, 0.2) is 11.6 Å². The summed E-state index contributed by atoms with van der Waals surface area (Å²) in [6.07, 6.45) is 20.0. The van der Waals surface area contributed by atoms with Crippen molar-refractivity contribution in [1.82, 2.24) is 0 Å². The van der Waals surface area contributed by atoms with E-state index in [1.807, 2.05) is 12.1 Å². The van der Waals surface area contributed by atoms with E-state index in [1.54, 1.807) is 0 Å². The van der Waals surface area contributed by atoms with Gasteiger partial charge in [0, 0.05) is 5.56 Å². The number of rotatable bonds is 8. The minimum atomic E-state index is -0.631. The lowest BCUT2D eigenvalue weighted by atomic mass is 9.70. The summed E-state index contributed by atoms with van der Waals surface area (Å²) in [7, 11) is 0. The molecular formula is C27H38F2. The van der Waals surface area contributed by atoms with Crippen LogP contribution in [0.1, 0.15) is 95.6 Å². The first-order valence-electron chi connectivity index (χ1n) is 11.9. The van der Waals surface area contributed by atoms with Crippen LogP contribution in [0, 0.1) is 29.4 Å². The first-order valence-corrected chi connectivity index (χ1v) is 11.9. The number of hydrogen-bond acceptors (Lipinski definition) is 0. The fraction of sp³-hybridized carbons (Fsp3) is 0.630. The summed E-state index contributed by atoms with van der Waals surface area (Å²) in [5.41, 5.74) is 2.04. The topological polar surface area (TPSA) is 0 Å². The minimum Gasteiger partial charge on any atom is -0.203 e. The maximum Gasteiger partial charge on any atom is 0.166 e. The number of aryl methyl sites for hydroxylation is 1. The Bertz CT molecular complexity index is 707. The van der Waals surface area contributed by atoms with E-state index in [-0.39, 0.29) is 0 Å². The van der Waals surface area contributed by atoms with Gasteiger partial charge in [0.2, 0.25) is 0 Å². The molecule has 0 N–H and O–H groups in total. The van der Waals surface area contributed by atoms with Gasteiger partial charge in [0.25, 0.3) is 0 Å². The van der Waals surface area contributed by atoms with Gasteiger partial charge in [0.1, 0.15) is 0 Å². The molecule has 0 nitrogen and oxygen atoms in total. The van der Waals surface area contributed by atoms with Gasteiger partial charge in [-0.2, -0.15) is 0 Å². The number of benzene rings is 1. The molecule has 0 bridgehead atoms. The van der Waals surface area contributed by atoms with E-state index in [0.717, 1.165) is 61.9 Å². The molecular weight excluding hydrogens is 362 g/mol. The fourth-order valence-corrected chi connectivity index (χ4v) is 5.35. The van der Waals surface area contributed by atoms with E-state index >= 15 is 0 Å². The monoisotopic (exact) mass is 400 g/mol. The molecule has 2 aliphatic rings. The van der Waals surface area contributed by atoms with E-state index in [9.17, 15) is 8.78 Å². The van der Waals surface area contributed by atoms with Crippen molar-refractivity contribution in [3.63, 3.8) is 0 Å². The smallest absolute Gasteiger partial charge is 0.166 e. The molecule has 0 radical (unpaired) electrons. The lowest BCUT2D eigenvalue weighted by Crippen LogP contribution is -2.23. The van der Waals surface area contributed by atoms with Gasteiger partial charge in [-0.1, -0.05) is 50.1 Å². The van der Waals surface area contributed by atoms with Crippen LogP contribution >= 0.6 is 0 Å². The summed E-state index contributed by atoms with van der Waals surface area (Å²) in [5.74, 6) is 1.15. The molecule has 0 aliphatic heterocycles. The Balaban J connectivity index is 1.57. The van der Waals surface area contributed by atoms with E-state index in [0.29, 0.717) is 17.5 Å². The second kappa shape index (κ2) is 11.1. The molecule has 1 aromatic rings. The van der Waals surface area contributed by atoms with Crippen LogP contribution in [0.5, 0.6) is 0 Å². The van der Waals surface area contributed by atoms with Crippen molar-refractivity contribution < 1.29 is 8.78 Å². The number of hydrogen-bond donors (Lipinski definition) is 0. The maximum absolute atomic E-state index is 14.7. The van der Waals surface area contributed by atoms with Crippen LogP contribution in [0.2, 0.25) is 0 Å². The van der Waals surface area contributed by atoms with Gasteiger partial charge in [-0.3, -0.25) is 0 Å². The first kappa shape index (κ1) is 22.2. The van der Waals surface area contributed by atoms with E-state index < -0.39 is 11.6 Å². The van der Waals surface area contributed by atoms with Gasteiger partial charge >= 0.3 is 0 Å². The Hall–Kier alpha value is -1.44. The van der Waals surface area contributed by atoms with Crippen molar-refractivity contribution >= 4 is 5.57 Å². The lowest BCUT2D eigenvalue weighted by molar-refractivity contribution is 0.195. The van der Waals surface area contributed by atoms with Crippen LogP contribution in [0.4, 0.5) is 8.78 Å². The summed E-state index contributed by atoms with van der Waals surface area (Å²) in [6, 6.07) is 3.63. The highest BCUT2D eigenvalue weighted by molar-refractivity contribution is 5.67. The highest BCUT2D eigenvalue weighted by Gasteiger charge is 2.29. The van der Waals surface area contributed by atoms with Gasteiger partial charge in [-0.15, -0.1) is 0 Å². The average molecular weight is 401 g/mol. The molecule has 0 heterocycles. The molecule has 0 amide bonds. The second-order valence-electron chi connectivity index (χ2n) is 9.21. The van der Waals surface area contributed by atoms with Gasteiger partial charge in [0.05, 0.1) is 0 Å². The summed E-state index contributed by atoms with van der Waals surface area (Å²) in [6.45, 7) is 4.23. The molecule has 1 saturated carbocycles. The molecule has 29 heavy (non-hydrogen) atoms. The predicted molar refractivity (Wildman–Crippen MR) is 120 cm³/mol. The maximum atomic E-state index is 14.7. The molecule has 1 atom stereocenters. The van der Waals surface area contributed by atoms with Crippen molar-refractivity contribution in [2.45, 2.75) is 90.9 Å². The van der Waals surface area contributed by atoms with Crippen LogP contribution in [0.25, 0.3) is 5.57 Å². The summed E-state index contributed by atoms with van der Waals surface area (Å²) < 4.78 is 29.3. The number of allylic oxidation sites excluding steroid dienone is 4. The standard InChI is InChI=1S/C27H38F2/c1-3-5-7-9-24-18-19-25(27(29)26(24)28)23-16-14-22(15-17-23)21-12-10-20(11-13-21)8-6-4-2/h4,6,16,18-22H,3,5,7-15,17H2,1-2H3/b6-4-. The summed E-state index contributed by atoms with van der Waals surface area (Å²) >= 11 is 0. The summed E-state index contributed by atoms with van der Waals surface area (Å²) in [4.78, 5) is 0. The third-order valence-corrected chi connectivity index (χ3v) is 7.27. The molecule has 1 fully saturated rings. The van der Waals surface area contributed by atoms with Crippen LogP contribution in [-0.4, -0.2) is 0 Å². The van der Waals surface area contributed by atoms with E-state index in [4.69, 9.17) is 0 Å². The largest absolute Gasteiger partial charge is 0.203 e. The highest BCUT2D eigenvalue weighted by atomic mass is 19.2. The second-order valence-corrected chi connectivity index (χ2v) is 9.21. The van der Waals surface area contributed by atoms with Crippen molar-refractivity contribution in [2.24, 2.45) is 17.8 Å². The molecule has 1 aromatic carbocycles. The molecule has 3 rings (SSSR count). The van der Waals surface area contributed by atoms with Gasteiger partial charge in [-0.25, -0.2) is 8.78 Å². The van der Waals surface area contributed by atoms with E-state index in [1.165, 1.54) is 32.1 Å². The fourth-order valence-electron chi connectivity index (χ4n) is 5.35. The quantitative estimate of drug-likeness (QED) is 0.302. The Morgan fingerprint density at radius 3 is 2.41 bits per heavy atom. The molecule has 2 aliphatic carbocycles. The summed E-state index contributed by atoms with van der Waals surface area (Å²) in [5, 5.41) is 0. The van der Waals surface area contributed by atoms with Crippen molar-refractivity contribution in [1.29, 1.82) is 0 Å². The predicted octanol–water partition coefficient (Wildman–Crippen LogP) is 8.65. The average Bonchev–Trinajstić information content (AvgIpc) is 2.76. The van der Waals surface area contributed by atoms with Crippen LogP contribution in [0.3, 0.4) is 0 Å². The third kappa shape index (κ3) is 5.80. The number of unbranched alkanes of at least 4 members (excludes halogenated alkanes) is 2.